The highest BCUT2D eigenvalue weighted by Gasteiger charge is 2.14. The van der Waals surface area contributed by atoms with E-state index in [0.717, 1.165) is 34.9 Å². The van der Waals surface area contributed by atoms with E-state index in [0.29, 0.717) is 4.88 Å². The molecule has 2 heterocycles. The quantitative estimate of drug-likeness (QED) is 0.634. The van der Waals surface area contributed by atoms with Crippen LogP contribution in [0.25, 0.3) is 11.3 Å². The Hall–Kier alpha value is -1.92. The normalized spacial score (nSPS) is 10.4. The number of hydrogen-bond acceptors (Lipinski definition) is 6. The summed E-state index contributed by atoms with van der Waals surface area (Å²) in [6.45, 7) is 3.72. The SMILES string of the molecule is CNCCNc1ccc(-c2cc(C(=O)OC)sc2C)nc1. The molecule has 0 saturated heterocycles. The van der Waals surface area contributed by atoms with Crippen LogP contribution in [0.1, 0.15) is 14.5 Å². The van der Waals surface area contributed by atoms with Crippen molar-refractivity contribution in [2.24, 2.45) is 0 Å². The summed E-state index contributed by atoms with van der Waals surface area (Å²) in [6, 6.07) is 5.78. The number of nitrogens with one attached hydrogen (secondary N) is 2. The van der Waals surface area contributed by atoms with Gasteiger partial charge >= 0.3 is 5.97 Å². The molecule has 112 valence electrons. The summed E-state index contributed by atoms with van der Waals surface area (Å²) in [5.41, 5.74) is 2.82. The molecule has 6 heteroatoms. The van der Waals surface area contributed by atoms with Crippen molar-refractivity contribution in [3.63, 3.8) is 0 Å². The number of carbonyl (C=O) groups is 1. The predicted molar refractivity (Wildman–Crippen MR) is 86.0 cm³/mol. The Morgan fingerprint density at radius 2 is 2.19 bits per heavy atom. The number of anilines is 1. The fourth-order valence-corrected chi connectivity index (χ4v) is 2.87. The van der Waals surface area contributed by atoms with Crippen molar-refractivity contribution in [3.8, 4) is 11.3 Å². The van der Waals surface area contributed by atoms with Crippen molar-refractivity contribution in [1.82, 2.24) is 10.3 Å². The number of rotatable bonds is 6. The van der Waals surface area contributed by atoms with E-state index in [9.17, 15) is 4.79 Å². The second-order valence-electron chi connectivity index (χ2n) is 4.53. The number of esters is 1. The monoisotopic (exact) mass is 305 g/mol. The molecule has 0 bridgehead atoms. The van der Waals surface area contributed by atoms with Gasteiger partial charge in [-0.05, 0) is 32.2 Å². The minimum absolute atomic E-state index is 0.306. The third kappa shape index (κ3) is 3.80. The molecule has 21 heavy (non-hydrogen) atoms. The van der Waals surface area contributed by atoms with Crippen LogP contribution >= 0.6 is 11.3 Å². The van der Waals surface area contributed by atoms with Gasteiger partial charge in [-0.2, -0.15) is 0 Å². The molecular formula is C15H19N3O2S. The molecule has 0 aliphatic heterocycles. The first kappa shape index (κ1) is 15.5. The Morgan fingerprint density at radius 3 is 2.81 bits per heavy atom. The molecule has 0 unspecified atom stereocenters. The smallest absolute Gasteiger partial charge is 0.348 e. The number of aryl methyl sites for hydroxylation is 1. The maximum atomic E-state index is 11.6. The molecule has 0 radical (unpaired) electrons. The van der Waals surface area contributed by atoms with Gasteiger partial charge < -0.3 is 15.4 Å². The van der Waals surface area contributed by atoms with E-state index < -0.39 is 0 Å². The van der Waals surface area contributed by atoms with E-state index in [-0.39, 0.29) is 5.97 Å². The molecule has 0 atom stereocenters. The van der Waals surface area contributed by atoms with E-state index in [1.54, 1.807) is 6.20 Å². The van der Waals surface area contributed by atoms with Gasteiger partial charge in [0, 0.05) is 23.5 Å². The van der Waals surface area contributed by atoms with E-state index in [2.05, 4.69) is 15.6 Å². The minimum atomic E-state index is -0.306. The van der Waals surface area contributed by atoms with Gasteiger partial charge in [0.05, 0.1) is 24.7 Å². The van der Waals surface area contributed by atoms with Crippen LogP contribution in [0.4, 0.5) is 5.69 Å². The van der Waals surface area contributed by atoms with Crippen molar-refractivity contribution in [2.75, 3.05) is 32.6 Å². The van der Waals surface area contributed by atoms with Gasteiger partial charge in [0.1, 0.15) is 4.88 Å². The molecule has 0 fully saturated rings. The Balaban J connectivity index is 2.15. The van der Waals surface area contributed by atoms with Crippen molar-refractivity contribution in [3.05, 3.63) is 34.2 Å². The Kier molecular flexibility index (Phi) is 5.30. The largest absolute Gasteiger partial charge is 0.465 e. The third-order valence-electron chi connectivity index (χ3n) is 3.05. The Morgan fingerprint density at radius 1 is 1.38 bits per heavy atom. The number of thiophene rings is 1. The van der Waals surface area contributed by atoms with Crippen LogP contribution in [0.5, 0.6) is 0 Å². The van der Waals surface area contributed by atoms with Crippen molar-refractivity contribution in [1.29, 1.82) is 0 Å². The van der Waals surface area contributed by atoms with Gasteiger partial charge in [0.25, 0.3) is 0 Å². The first-order valence-electron chi connectivity index (χ1n) is 6.69. The Bertz CT molecular complexity index is 608. The highest BCUT2D eigenvalue weighted by molar-refractivity contribution is 7.14. The van der Waals surface area contributed by atoms with Gasteiger partial charge in [-0.25, -0.2) is 4.79 Å². The number of ether oxygens (including phenoxy) is 1. The highest BCUT2D eigenvalue weighted by Crippen LogP contribution is 2.30. The molecule has 0 aliphatic carbocycles. The van der Waals surface area contributed by atoms with Gasteiger partial charge in [0.2, 0.25) is 0 Å². The summed E-state index contributed by atoms with van der Waals surface area (Å²) >= 11 is 1.42. The van der Waals surface area contributed by atoms with E-state index >= 15 is 0 Å². The third-order valence-corrected chi connectivity index (χ3v) is 4.08. The van der Waals surface area contributed by atoms with Crippen molar-refractivity contribution >= 4 is 23.0 Å². The molecule has 5 nitrogen and oxygen atoms in total. The Labute approximate surface area is 128 Å². The number of pyridine rings is 1. The van der Waals surface area contributed by atoms with Crippen LogP contribution in [0.15, 0.2) is 24.4 Å². The van der Waals surface area contributed by atoms with E-state index in [4.69, 9.17) is 4.74 Å². The lowest BCUT2D eigenvalue weighted by Crippen LogP contribution is -2.17. The number of aromatic nitrogens is 1. The lowest BCUT2D eigenvalue weighted by Gasteiger charge is -2.06. The van der Waals surface area contributed by atoms with Crippen LogP contribution in [0, 0.1) is 6.92 Å². The van der Waals surface area contributed by atoms with Gasteiger partial charge in [-0.3, -0.25) is 4.98 Å². The maximum absolute atomic E-state index is 11.6. The summed E-state index contributed by atoms with van der Waals surface area (Å²) in [5.74, 6) is -0.306. The summed E-state index contributed by atoms with van der Waals surface area (Å²) < 4.78 is 4.75. The fraction of sp³-hybridized carbons (Fsp3) is 0.333. The first-order valence-corrected chi connectivity index (χ1v) is 7.51. The van der Waals surface area contributed by atoms with Crippen LogP contribution in [0.2, 0.25) is 0 Å². The number of carbonyl (C=O) groups excluding carboxylic acids is 1. The zero-order valence-corrected chi connectivity index (χ0v) is 13.2. The molecule has 2 aromatic rings. The van der Waals surface area contributed by atoms with Gasteiger partial charge in [-0.1, -0.05) is 0 Å². The molecule has 0 amide bonds. The van der Waals surface area contributed by atoms with Crippen molar-refractivity contribution in [2.45, 2.75) is 6.92 Å². The summed E-state index contributed by atoms with van der Waals surface area (Å²) in [7, 11) is 3.31. The molecule has 0 aliphatic rings. The summed E-state index contributed by atoms with van der Waals surface area (Å²) in [6.07, 6.45) is 1.81. The molecule has 0 aromatic carbocycles. The maximum Gasteiger partial charge on any atom is 0.348 e. The first-order chi connectivity index (χ1) is 10.2. The zero-order chi connectivity index (χ0) is 15.2. The lowest BCUT2D eigenvalue weighted by molar-refractivity contribution is 0.0606. The van der Waals surface area contributed by atoms with Crippen molar-refractivity contribution < 1.29 is 9.53 Å². The number of hydrogen-bond donors (Lipinski definition) is 2. The molecule has 0 spiro atoms. The van der Waals surface area contributed by atoms with E-state index in [1.807, 2.05) is 32.2 Å². The minimum Gasteiger partial charge on any atom is -0.465 e. The fourth-order valence-electron chi connectivity index (χ4n) is 1.93. The number of methoxy groups -OCH3 is 1. The van der Waals surface area contributed by atoms with E-state index in [1.165, 1.54) is 18.4 Å². The molecular weight excluding hydrogens is 286 g/mol. The second-order valence-corrected chi connectivity index (χ2v) is 5.79. The van der Waals surface area contributed by atoms with Gasteiger partial charge in [-0.15, -0.1) is 11.3 Å². The topological polar surface area (TPSA) is 63.2 Å². The second kappa shape index (κ2) is 7.19. The highest BCUT2D eigenvalue weighted by atomic mass is 32.1. The molecule has 2 N–H and O–H groups in total. The number of likely N-dealkylation sites (N-methyl/N-ethyl adjacent to an activating group) is 1. The molecule has 0 saturated carbocycles. The van der Waals surface area contributed by atoms with Gasteiger partial charge in [0.15, 0.2) is 0 Å². The molecule has 2 rings (SSSR count). The van der Waals surface area contributed by atoms with Crippen LogP contribution in [-0.2, 0) is 4.74 Å². The van der Waals surface area contributed by atoms with Crippen LogP contribution in [0.3, 0.4) is 0 Å². The average Bonchev–Trinajstić information content (AvgIpc) is 2.89. The number of nitrogens with zero attached hydrogens (tertiary/aromatic N) is 1. The van der Waals surface area contributed by atoms with Crippen LogP contribution < -0.4 is 10.6 Å². The summed E-state index contributed by atoms with van der Waals surface area (Å²) in [5, 5.41) is 6.35. The zero-order valence-electron chi connectivity index (χ0n) is 12.4. The predicted octanol–water partition coefficient (Wildman–Crippen LogP) is 2.54. The van der Waals surface area contributed by atoms with Crippen LogP contribution in [-0.4, -0.2) is 38.2 Å². The average molecular weight is 305 g/mol. The lowest BCUT2D eigenvalue weighted by atomic mass is 10.1. The standard InChI is InChI=1S/C15H19N3O2S/c1-10-12(8-14(21-10)15(19)20-3)13-5-4-11(9-18-13)17-7-6-16-2/h4-5,8-9,16-17H,6-7H2,1-3H3. The summed E-state index contributed by atoms with van der Waals surface area (Å²) in [4.78, 5) is 17.7. The molecule has 2 aromatic heterocycles.